The molecule has 0 radical (unpaired) electrons. The Morgan fingerprint density at radius 2 is 1.54 bits per heavy atom. The largest absolute Gasteiger partial charge is 0.342 e. The predicted octanol–water partition coefficient (Wildman–Crippen LogP) is 2.48. The highest BCUT2D eigenvalue weighted by atomic mass is 15.2. The molecule has 130 valence electrons. The molecule has 4 nitrogen and oxygen atoms in total. The molecule has 4 rings (SSSR count). The van der Waals surface area contributed by atoms with Crippen LogP contribution in [-0.2, 0) is 13.1 Å². The maximum absolute atomic E-state index is 2.64. The van der Waals surface area contributed by atoms with Crippen molar-refractivity contribution in [2.75, 3.05) is 52.9 Å². The van der Waals surface area contributed by atoms with Crippen LogP contribution < -0.4 is 0 Å². The van der Waals surface area contributed by atoms with E-state index in [-0.39, 0.29) is 0 Å². The third-order valence-corrected chi connectivity index (χ3v) is 5.72. The SMILES string of the molecule is CN1CCN(CCCCN2CCn3c(cc4ccccc43)C2)CC1. The molecule has 4 heteroatoms. The first-order chi connectivity index (χ1) is 11.8. The smallest absolute Gasteiger partial charge is 0.0483 e. The number of unbranched alkanes of at least 4 members (excludes halogenated alkanes) is 1. The van der Waals surface area contributed by atoms with Crippen molar-refractivity contribution < 1.29 is 0 Å². The first kappa shape index (κ1) is 16.1. The molecule has 0 spiro atoms. The zero-order valence-corrected chi connectivity index (χ0v) is 15.0. The van der Waals surface area contributed by atoms with Crippen molar-refractivity contribution >= 4 is 10.9 Å². The van der Waals surface area contributed by atoms with Crippen LogP contribution in [0.4, 0.5) is 0 Å². The summed E-state index contributed by atoms with van der Waals surface area (Å²) in [5, 5.41) is 1.39. The number of hydrogen-bond acceptors (Lipinski definition) is 3. The maximum Gasteiger partial charge on any atom is 0.0483 e. The molecule has 0 bridgehead atoms. The van der Waals surface area contributed by atoms with Gasteiger partial charge in [-0.1, -0.05) is 18.2 Å². The summed E-state index contributed by atoms with van der Waals surface area (Å²) in [6.45, 7) is 10.9. The number of likely N-dealkylation sites (N-methyl/N-ethyl adjacent to an activating group) is 1. The van der Waals surface area contributed by atoms with E-state index in [1.807, 2.05) is 0 Å². The monoisotopic (exact) mass is 326 g/mol. The van der Waals surface area contributed by atoms with Crippen molar-refractivity contribution in [2.24, 2.45) is 0 Å². The summed E-state index contributed by atoms with van der Waals surface area (Å²) >= 11 is 0. The second-order valence-corrected chi connectivity index (χ2v) is 7.47. The molecule has 1 saturated heterocycles. The average Bonchev–Trinajstić information content (AvgIpc) is 2.98. The fraction of sp³-hybridized carbons (Fsp3) is 0.600. The van der Waals surface area contributed by atoms with E-state index < -0.39 is 0 Å². The van der Waals surface area contributed by atoms with Crippen molar-refractivity contribution in [3.05, 3.63) is 36.0 Å². The highest BCUT2D eigenvalue weighted by molar-refractivity contribution is 5.81. The van der Waals surface area contributed by atoms with E-state index >= 15 is 0 Å². The van der Waals surface area contributed by atoms with Gasteiger partial charge in [-0.15, -0.1) is 0 Å². The van der Waals surface area contributed by atoms with Gasteiger partial charge < -0.3 is 14.4 Å². The van der Waals surface area contributed by atoms with Crippen LogP contribution in [0.3, 0.4) is 0 Å². The van der Waals surface area contributed by atoms with E-state index in [1.165, 1.54) is 75.3 Å². The average molecular weight is 326 g/mol. The van der Waals surface area contributed by atoms with E-state index in [0.717, 1.165) is 13.1 Å². The second-order valence-electron chi connectivity index (χ2n) is 7.47. The Labute approximate surface area is 145 Å². The first-order valence-electron chi connectivity index (χ1n) is 9.50. The molecule has 0 unspecified atom stereocenters. The molecule has 0 N–H and O–H groups in total. The second kappa shape index (κ2) is 7.26. The molecule has 2 aromatic rings. The van der Waals surface area contributed by atoms with Crippen LogP contribution in [0.15, 0.2) is 30.3 Å². The number of piperazine rings is 1. The van der Waals surface area contributed by atoms with Gasteiger partial charge in [0.15, 0.2) is 0 Å². The van der Waals surface area contributed by atoms with Crippen LogP contribution in [0.2, 0.25) is 0 Å². The van der Waals surface area contributed by atoms with Gasteiger partial charge in [0.2, 0.25) is 0 Å². The third-order valence-electron chi connectivity index (χ3n) is 5.72. The Hall–Kier alpha value is -1.36. The van der Waals surface area contributed by atoms with Gasteiger partial charge in [0, 0.05) is 57.0 Å². The quantitative estimate of drug-likeness (QED) is 0.785. The fourth-order valence-corrected chi connectivity index (χ4v) is 4.15. The van der Waals surface area contributed by atoms with E-state index in [2.05, 4.69) is 56.6 Å². The van der Waals surface area contributed by atoms with Gasteiger partial charge in [0.25, 0.3) is 0 Å². The highest BCUT2D eigenvalue weighted by Crippen LogP contribution is 2.24. The first-order valence-corrected chi connectivity index (χ1v) is 9.50. The number of fused-ring (bicyclic) bond motifs is 3. The Morgan fingerprint density at radius 3 is 2.38 bits per heavy atom. The minimum atomic E-state index is 1.11. The molecular weight excluding hydrogens is 296 g/mol. The number of nitrogens with zero attached hydrogens (tertiary/aromatic N) is 4. The fourth-order valence-electron chi connectivity index (χ4n) is 4.15. The minimum absolute atomic E-state index is 1.11. The third kappa shape index (κ3) is 3.51. The van der Waals surface area contributed by atoms with Crippen molar-refractivity contribution in [1.29, 1.82) is 0 Å². The summed E-state index contributed by atoms with van der Waals surface area (Å²) in [6.07, 6.45) is 2.66. The summed E-state index contributed by atoms with van der Waals surface area (Å²) in [5.41, 5.74) is 2.89. The summed E-state index contributed by atoms with van der Waals surface area (Å²) < 4.78 is 2.51. The van der Waals surface area contributed by atoms with Crippen LogP contribution >= 0.6 is 0 Å². The Morgan fingerprint density at radius 1 is 0.833 bits per heavy atom. The van der Waals surface area contributed by atoms with Gasteiger partial charge in [-0.05, 0) is 50.5 Å². The number of aromatic nitrogens is 1. The van der Waals surface area contributed by atoms with Crippen LogP contribution in [0, 0.1) is 0 Å². The van der Waals surface area contributed by atoms with Gasteiger partial charge in [-0.3, -0.25) is 4.90 Å². The Kier molecular flexibility index (Phi) is 4.88. The molecule has 0 aliphatic carbocycles. The molecule has 2 aliphatic rings. The number of benzene rings is 1. The van der Waals surface area contributed by atoms with E-state index in [1.54, 1.807) is 0 Å². The van der Waals surface area contributed by atoms with Crippen LogP contribution in [0.25, 0.3) is 10.9 Å². The van der Waals surface area contributed by atoms with Gasteiger partial charge in [-0.25, -0.2) is 0 Å². The summed E-state index contributed by atoms with van der Waals surface area (Å²) in [4.78, 5) is 7.70. The van der Waals surface area contributed by atoms with E-state index in [9.17, 15) is 0 Å². The standard InChI is InChI=1S/C20H30N4/c1-21-10-12-22(13-11-21)8-4-5-9-23-14-15-24-19(17-23)16-18-6-2-3-7-20(18)24/h2-3,6-7,16H,4-5,8-15,17H2,1H3. The van der Waals surface area contributed by atoms with Crippen molar-refractivity contribution in [1.82, 2.24) is 19.3 Å². The molecule has 2 aliphatic heterocycles. The molecule has 0 amide bonds. The summed E-state index contributed by atoms with van der Waals surface area (Å²) in [7, 11) is 2.23. The molecule has 3 heterocycles. The predicted molar refractivity (Wildman–Crippen MR) is 100 cm³/mol. The molecule has 0 atom stereocenters. The van der Waals surface area contributed by atoms with Crippen molar-refractivity contribution in [2.45, 2.75) is 25.9 Å². The van der Waals surface area contributed by atoms with Crippen LogP contribution in [0.5, 0.6) is 0 Å². The maximum atomic E-state index is 2.64. The molecule has 1 aromatic carbocycles. The van der Waals surface area contributed by atoms with Crippen molar-refractivity contribution in [3.63, 3.8) is 0 Å². The zero-order chi connectivity index (χ0) is 16.4. The number of para-hydroxylation sites is 1. The van der Waals surface area contributed by atoms with Crippen LogP contribution in [0.1, 0.15) is 18.5 Å². The Bertz CT molecular complexity index is 669. The zero-order valence-electron chi connectivity index (χ0n) is 15.0. The molecule has 24 heavy (non-hydrogen) atoms. The van der Waals surface area contributed by atoms with E-state index in [4.69, 9.17) is 0 Å². The van der Waals surface area contributed by atoms with Gasteiger partial charge in [-0.2, -0.15) is 0 Å². The summed E-state index contributed by atoms with van der Waals surface area (Å²) in [5.74, 6) is 0. The minimum Gasteiger partial charge on any atom is -0.342 e. The van der Waals surface area contributed by atoms with Crippen LogP contribution in [-0.4, -0.2) is 72.1 Å². The molecular formula is C20H30N4. The lowest BCUT2D eigenvalue weighted by Crippen LogP contribution is -2.44. The van der Waals surface area contributed by atoms with E-state index in [0.29, 0.717) is 0 Å². The lowest BCUT2D eigenvalue weighted by atomic mass is 10.2. The number of rotatable bonds is 5. The number of hydrogen-bond donors (Lipinski definition) is 0. The lowest BCUT2D eigenvalue weighted by molar-refractivity contribution is 0.148. The molecule has 1 fully saturated rings. The molecule has 0 saturated carbocycles. The van der Waals surface area contributed by atoms with Gasteiger partial charge in [0.05, 0.1) is 0 Å². The normalized spacial score (nSPS) is 20.5. The van der Waals surface area contributed by atoms with Gasteiger partial charge >= 0.3 is 0 Å². The molecule has 1 aromatic heterocycles. The van der Waals surface area contributed by atoms with Crippen molar-refractivity contribution in [3.8, 4) is 0 Å². The summed E-state index contributed by atoms with van der Waals surface area (Å²) in [6, 6.07) is 11.2. The lowest BCUT2D eigenvalue weighted by Gasteiger charge is -2.33. The topological polar surface area (TPSA) is 14.7 Å². The highest BCUT2D eigenvalue weighted by Gasteiger charge is 2.18. The van der Waals surface area contributed by atoms with Gasteiger partial charge in [0.1, 0.15) is 0 Å². The Balaban J connectivity index is 1.24.